The normalized spacial score (nSPS) is 23.4. The molecule has 0 spiro atoms. The Morgan fingerprint density at radius 1 is 1.45 bits per heavy atom. The van der Waals surface area contributed by atoms with Crippen LogP contribution in [0.15, 0.2) is 35.0 Å². The zero-order valence-corrected chi connectivity index (χ0v) is 17.0. The van der Waals surface area contributed by atoms with Crippen molar-refractivity contribution in [3.05, 3.63) is 40.6 Å². The quantitative estimate of drug-likeness (QED) is 0.772. The SMILES string of the molecule is CC1=CC(N2CCCOCC2c2cc(NC(=O)C(F)F)ccc2Cl)N(C)C(N)=N1. The predicted molar refractivity (Wildman–Crippen MR) is 108 cm³/mol. The minimum atomic E-state index is -3.10. The molecule has 2 heterocycles. The van der Waals surface area contributed by atoms with E-state index in [0.29, 0.717) is 36.3 Å². The molecule has 1 aromatic carbocycles. The highest BCUT2D eigenvalue weighted by atomic mass is 35.5. The number of nitrogens with one attached hydrogen (secondary N) is 1. The number of carbonyl (C=O) groups is 1. The molecule has 2 aliphatic rings. The summed E-state index contributed by atoms with van der Waals surface area (Å²) in [7, 11) is 1.86. The van der Waals surface area contributed by atoms with E-state index in [1.54, 1.807) is 12.1 Å². The van der Waals surface area contributed by atoms with Gasteiger partial charge < -0.3 is 20.7 Å². The molecule has 29 heavy (non-hydrogen) atoms. The van der Waals surface area contributed by atoms with Gasteiger partial charge in [0.2, 0.25) is 0 Å². The summed E-state index contributed by atoms with van der Waals surface area (Å²) in [5, 5.41) is 2.67. The summed E-state index contributed by atoms with van der Waals surface area (Å²) in [5.41, 5.74) is 7.80. The fourth-order valence-corrected chi connectivity index (χ4v) is 3.78. The molecule has 7 nitrogen and oxygen atoms in total. The van der Waals surface area contributed by atoms with Crippen molar-refractivity contribution in [3.8, 4) is 0 Å². The molecular weight excluding hydrogens is 404 g/mol. The second-order valence-corrected chi connectivity index (χ2v) is 7.42. The van der Waals surface area contributed by atoms with E-state index in [1.807, 2.05) is 24.9 Å². The Bertz CT molecular complexity index is 833. The van der Waals surface area contributed by atoms with Crippen LogP contribution in [0.5, 0.6) is 0 Å². The van der Waals surface area contributed by atoms with Gasteiger partial charge in [-0.1, -0.05) is 11.6 Å². The number of benzene rings is 1. The van der Waals surface area contributed by atoms with E-state index in [4.69, 9.17) is 22.1 Å². The molecule has 0 aliphatic carbocycles. The first-order valence-electron chi connectivity index (χ1n) is 9.25. The second-order valence-electron chi connectivity index (χ2n) is 7.01. The molecule has 10 heteroatoms. The van der Waals surface area contributed by atoms with E-state index in [1.165, 1.54) is 6.07 Å². The molecule has 158 valence electrons. The van der Waals surface area contributed by atoms with Gasteiger partial charge in [-0.05, 0) is 43.2 Å². The van der Waals surface area contributed by atoms with E-state index in [9.17, 15) is 13.6 Å². The molecule has 3 N–H and O–H groups in total. The molecule has 2 atom stereocenters. The minimum absolute atomic E-state index is 0.172. The number of guanidine groups is 1. The van der Waals surface area contributed by atoms with Crippen molar-refractivity contribution in [1.29, 1.82) is 0 Å². The van der Waals surface area contributed by atoms with Crippen LogP contribution < -0.4 is 11.1 Å². The standard InChI is InChI=1S/C19H24ClF2N5O2/c1-11-8-16(26(2)19(23)24-11)27-6-3-7-29-10-15(27)13-9-12(4-5-14(13)20)25-18(28)17(21)22/h4-5,8-9,15-17H,3,6-7,10H2,1-2H3,(H2,23,24)(H,25,28). The van der Waals surface area contributed by atoms with Crippen LogP contribution >= 0.6 is 11.6 Å². The van der Waals surface area contributed by atoms with Crippen LogP contribution in [-0.2, 0) is 9.53 Å². The number of ether oxygens (including phenoxy) is 1. The van der Waals surface area contributed by atoms with Crippen molar-refractivity contribution < 1.29 is 18.3 Å². The van der Waals surface area contributed by atoms with Gasteiger partial charge in [0.1, 0.15) is 6.17 Å². The van der Waals surface area contributed by atoms with Gasteiger partial charge in [0.05, 0.1) is 12.6 Å². The van der Waals surface area contributed by atoms with E-state index < -0.39 is 12.3 Å². The number of alkyl halides is 2. The lowest BCUT2D eigenvalue weighted by atomic mass is 10.0. The fraction of sp³-hybridized carbons (Fsp3) is 0.474. The number of aliphatic imine (C=N–C) groups is 1. The Kier molecular flexibility index (Phi) is 6.71. The largest absolute Gasteiger partial charge is 0.379 e. The van der Waals surface area contributed by atoms with Crippen LogP contribution in [0.2, 0.25) is 5.02 Å². The molecule has 0 aromatic heterocycles. The van der Waals surface area contributed by atoms with Crippen molar-refractivity contribution in [1.82, 2.24) is 9.80 Å². The Labute approximate surface area is 173 Å². The molecule has 3 rings (SSSR count). The lowest BCUT2D eigenvalue weighted by Gasteiger charge is -2.42. The van der Waals surface area contributed by atoms with E-state index in [2.05, 4.69) is 15.2 Å². The lowest BCUT2D eigenvalue weighted by Crippen LogP contribution is -2.53. The molecule has 2 unspecified atom stereocenters. The molecular formula is C19H24ClF2N5O2. The van der Waals surface area contributed by atoms with Crippen molar-refractivity contribution in [2.75, 3.05) is 32.1 Å². The number of rotatable bonds is 4. The summed E-state index contributed by atoms with van der Waals surface area (Å²) >= 11 is 6.46. The summed E-state index contributed by atoms with van der Waals surface area (Å²) in [6.07, 6.45) is -0.456. The lowest BCUT2D eigenvalue weighted by molar-refractivity contribution is -0.126. The number of carbonyl (C=O) groups excluding carboxylic acids is 1. The van der Waals surface area contributed by atoms with Crippen LogP contribution in [-0.4, -0.2) is 61.1 Å². The van der Waals surface area contributed by atoms with Crippen LogP contribution in [0.4, 0.5) is 14.5 Å². The molecule has 0 saturated carbocycles. The molecule has 2 aliphatic heterocycles. The van der Waals surface area contributed by atoms with Gasteiger partial charge in [-0.3, -0.25) is 9.69 Å². The van der Waals surface area contributed by atoms with Crippen LogP contribution in [0.3, 0.4) is 0 Å². The van der Waals surface area contributed by atoms with Gasteiger partial charge in [0, 0.05) is 36.6 Å². The minimum Gasteiger partial charge on any atom is -0.379 e. The first-order chi connectivity index (χ1) is 13.8. The number of likely N-dealkylation sites (N-methyl/N-ethyl adjacent to an activating group) is 1. The van der Waals surface area contributed by atoms with E-state index in [-0.39, 0.29) is 17.9 Å². The number of amides is 1. The van der Waals surface area contributed by atoms with E-state index >= 15 is 0 Å². The van der Waals surface area contributed by atoms with E-state index in [0.717, 1.165) is 12.1 Å². The third-order valence-electron chi connectivity index (χ3n) is 4.98. The number of allylic oxidation sites excluding steroid dienone is 1. The summed E-state index contributed by atoms with van der Waals surface area (Å²) in [4.78, 5) is 19.7. The maximum atomic E-state index is 12.6. The Morgan fingerprint density at radius 3 is 2.93 bits per heavy atom. The highest BCUT2D eigenvalue weighted by molar-refractivity contribution is 6.31. The maximum Gasteiger partial charge on any atom is 0.315 e. The van der Waals surface area contributed by atoms with Gasteiger partial charge in [-0.15, -0.1) is 0 Å². The van der Waals surface area contributed by atoms with Gasteiger partial charge in [0.25, 0.3) is 5.91 Å². The molecule has 0 bridgehead atoms. The number of halogens is 3. The highest BCUT2D eigenvalue weighted by Crippen LogP contribution is 2.34. The number of hydrogen-bond donors (Lipinski definition) is 2. The predicted octanol–water partition coefficient (Wildman–Crippen LogP) is 2.80. The first kappa shape index (κ1) is 21.5. The zero-order valence-electron chi connectivity index (χ0n) is 16.2. The monoisotopic (exact) mass is 427 g/mol. The van der Waals surface area contributed by atoms with Gasteiger partial charge in [-0.25, -0.2) is 4.99 Å². The van der Waals surface area contributed by atoms with Crippen molar-refractivity contribution >= 4 is 29.2 Å². The summed E-state index contributed by atoms with van der Waals surface area (Å²) in [6.45, 7) is 3.54. The summed E-state index contributed by atoms with van der Waals surface area (Å²) in [6, 6.07) is 4.43. The van der Waals surface area contributed by atoms with Gasteiger partial charge in [0.15, 0.2) is 5.96 Å². The van der Waals surface area contributed by atoms with Crippen LogP contribution in [0.25, 0.3) is 0 Å². The summed E-state index contributed by atoms with van der Waals surface area (Å²) in [5.74, 6) is -0.954. The Hall–Kier alpha value is -2.23. The average Bonchev–Trinajstić information content (AvgIpc) is 2.92. The van der Waals surface area contributed by atoms with Crippen molar-refractivity contribution in [3.63, 3.8) is 0 Å². The Balaban J connectivity index is 1.96. The molecule has 1 amide bonds. The molecule has 1 aromatic rings. The van der Waals surface area contributed by atoms with Crippen molar-refractivity contribution in [2.45, 2.75) is 32.0 Å². The smallest absolute Gasteiger partial charge is 0.315 e. The molecule has 1 saturated heterocycles. The zero-order chi connectivity index (χ0) is 21.1. The fourth-order valence-electron chi connectivity index (χ4n) is 3.53. The van der Waals surface area contributed by atoms with Gasteiger partial charge >= 0.3 is 6.43 Å². The van der Waals surface area contributed by atoms with Crippen LogP contribution in [0, 0.1) is 0 Å². The summed E-state index contributed by atoms with van der Waals surface area (Å²) < 4.78 is 31.0. The average molecular weight is 428 g/mol. The van der Waals surface area contributed by atoms with Crippen molar-refractivity contribution in [2.24, 2.45) is 10.7 Å². The third-order valence-corrected chi connectivity index (χ3v) is 5.33. The highest BCUT2D eigenvalue weighted by Gasteiger charge is 2.34. The number of hydrogen-bond acceptors (Lipinski definition) is 6. The maximum absolute atomic E-state index is 12.6. The third kappa shape index (κ3) is 4.85. The topological polar surface area (TPSA) is 83.2 Å². The molecule has 1 fully saturated rings. The Morgan fingerprint density at radius 2 is 2.21 bits per heavy atom. The second kappa shape index (κ2) is 9.06. The first-order valence-corrected chi connectivity index (χ1v) is 9.63. The molecule has 0 radical (unpaired) electrons. The number of nitrogens with zero attached hydrogens (tertiary/aromatic N) is 3. The van der Waals surface area contributed by atoms with Crippen LogP contribution in [0.1, 0.15) is 24.9 Å². The number of anilines is 1. The number of nitrogens with two attached hydrogens (primary N) is 1. The van der Waals surface area contributed by atoms with Gasteiger partial charge in [-0.2, -0.15) is 8.78 Å².